The van der Waals surface area contributed by atoms with Gasteiger partial charge in [0.25, 0.3) is 0 Å². The monoisotopic (exact) mass is 417 g/mol. The number of benzene rings is 1. The fourth-order valence-electron chi connectivity index (χ4n) is 3.21. The maximum Gasteiger partial charge on any atom is 0.319 e. The van der Waals surface area contributed by atoms with Crippen molar-refractivity contribution in [3.63, 3.8) is 0 Å². The third-order valence-electron chi connectivity index (χ3n) is 4.88. The third-order valence-corrected chi connectivity index (χ3v) is 7.61. The van der Waals surface area contributed by atoms with E-state index in [0.717, 1.165) is 18.4 Å². The van der Waals surface area contributed by atoms with Gasteiger partial charge in [0, 0.05) is 10.7 Å². The molecule has 148 valence electrons. The number of aromatic hydroxyl groups is 1. The molecule has 3 rings (SSSR count). The molecule has 0 spiro atoms. The molecule has 0 radical (unpaired) electrons. The van der Waals surface area contributed by atoms with E-state index >= 15 is 0 Å². The molecule has 3 N–H and O–H groups in total. The van der Waals surface area contributed by atoms with Crippen molar-refractivity contribution in [2.75, 3.05) is 18.5 Å². The van der Waals surface area contributed by atoms with Crippen LogP contribution in [-0.4, -0.2) is 43.6 Å². The summed E-state index contributed by atoms with van der Waals surface area (Å²) in [6.45, 7) is -1.62. The van der Waals surface area contributed by atoms with Gasteiger partial charge in [-0.25, -0.2) is 13.2 Å². The number of phenolic OH excluding ortho intramolecular Hbond substituents is 1. The van der Waals surface area contributed by atoms with Gasteiger partial charge in [-0.1, -0.05) is 23.3 Å². The van der Waals surface area contributed by atoms with E-state index in [1.54, 1.807) is 0 Å². The topological polar surface area (TPSA) is 105 Å². The number of carbonyl (C=O) groups is 1. The number of rotatable bonds is 4. The first-order valence-electron chi connectivity index (χ1n) is 9.99. The Balaban J connectivity index is 1.96. The molecule has 1 heterocycles. The Labute approximate surface area is 167 Å². The molecule has 2 atom stereocenters. The van der Waals surface area contributed by atoms with Crippen LogP contribution >= 0.6 is 11.6 Å². The summed E-state index contributed by atoms with van der Waals surface area (Å²) < 4.78 is 53.0. The van der Waals surface area contributed by atoms with Gasteiger partial charge in [-0.2, -0.15) is 0 Å². The number of sulfone groups is 1. The first kappa shape index (κ1) is 16.2. The molecule has 1 fully saturated rings. The maximum absolute atomic E-state index is 13.4. The molecule has 0 saturated carbocycles. The molecule has 1 aromatic rings. The Morgan fingerprint density at radius 3 is 2.85 bits per heavy atom. The lowest BCUT2D eigenvalue weighted by atomic mass is 10.1. The first-order valence-corrected chi connectivity index (χ1v) is 10.3. The molecular formula is C18H23ClN2O5S. The van der Waals surface area contributed by atoms with Crippen LogP contribution in [0.2, 0.25) is 5.02 Å². The standard InChI is InChI=1S/C18H23ClN2O5S/c1-11-4-3-5-13(11)20-17(23)21-14-7-6-12(19)16(15(14)22)27(24,25)18(2)8-9-26-10-18/h4,6-7,13,22H,3,5,8-10H2,1-2H3,(H2,20,21,23)/t13-,18-/m1/s1/i2D3. The van der Waals surface area contributed by atoms with Crippen LogP contribution in [0.15, 0.2) is 28.7 Å². The highest BCUT2D eigenvalue weighted by Gasteiger charge is 2.46. The highest BCUT2D eigenvalue weighted by atomic mass is 35.5. The van der Waals surface area contributed by atoms with Gasteiger partial charge in [-0.05, 0) is 45.2 Å². The van der Waals surface area contributed by atoms with Gasteiger partial charge in [-0.15, -0.1) is 0 Å². The number of phenols is 1. The average molecular weight is 418 g/mol. The Hall–Kier alpha value is -1.77. The van der Waals surface area contributed by atoms with Gasteiger partial charge in [0.2, 0.25) is 0 Å². The number of halogens is 1. The summed E-state index contributed by atoms with van der Waals surface area (Å²) in [7, 11) is -4.66. The molecule has 1 saturated heterocycles. The Morgan fingerprint density at radius 2 is 2.26 bits per heavy atom. The second kappa shape index (κ2) is 7.33. The number of allylic oxidation sites excluding steroid dienone is 1. The van der Waals surface area contributed by atoms with Crippen molar-refractivity contribution in [2.24, 2.45) is 0 Å². The Kier molecular flexibility index (Phi) is 4.40. The van der Waals surface area contributed by atoms with Gasteiger partial charge in [0.05, 0.1) is 28.1 Å². The number of carbonyl (C=O) groups excluding carboxylic acids is 1. The Morgan fingerprint density at radius 1 is 1.48 bits per heavy atom. The van der Waals surface area contributed by atoms with E-state index in [4.69, 9.17) is 20.5 Å². The molecular weight excluding hydrogens is 392 g/mol. The molecule has 0 unspecified atom stereocenters. The summed E-state index contributed by atoms with van der Waals surface area (Å²) in [5, 5.41) is 15.5. The lowest BCUT2D eigenvalue weighted by Crippen LogP contribution is -2.37. The number of hydrogen-bond acceptors (Lipinski definition) is 5. The van der Waals surface area contributed by atoms with Gasteiger partial charge in [-0.3, -0.25) is 0 Å². The van der Waals surface area contributed by atoms with Crippen molar-refractivity contribution in [1.82, 2.24) is 5.32 Å². The van der Waals surface area contributed by atoms with Crippen LogP contribution in [0.25, 0.3) is 0 Å². The van der Waals surface area contributed by atoms with Crippen molar-refractivity contribution < 1.29 is 27.2 Å². The molecule has 7 nitrogen and oxygen atoms in total. The highest BCUT2D eigenvalue weighted by Crippen LogP contribution is 2.43. The van der Waals surface area contributed by atoms with Gasteiger partial charge in [0.1, 0.15) is 4.90 Å². The van der Waals surface area contributed by atoms with Crippen molar-refractivity contribution in [1.29, 1.82) is 0 Å². The number of anilines is 1. The van der Waals surface area contributed by atoms with Gasteiger partial charge in [0.15, 0.2) is 15.6 Å². The van der Waals surface area contributed by atoms with E-state index in [1.165, 1.54) is 12.1 Å². The Bertz CT molecular complexity index is 988. The quantitative estimate of drug-likeness (QED) is 0.515. The van der Waals surface area contributed by atoms with E-state index in [1.807, 2.05) is 13.0 Å². The minimum Gasteiger partial charge on any atom is -0.504 e. The van der Waals surface area contributed by atoms with Crippen molar-refractivity contribution >= 4 is 33.2 Å². The van der Waals surface area contributed by atoms with Crippen LogP contribution < -0.4 is 10.6 Å². The predicted octanol–water partition coefficient (Wildman–Crippen LogP) is 3.23. The normalized spacial score (nSPS) is 27.4. The predicted molar refractivity (Wildman–Crippen MR) is 103 cm³/mol. The number of ether oxygens (including phenoxy) is 1. The summed E-state index contributed by atoms with van der Waals surface area (Å²) >= 11 is 6.07. The molecule has 27 heavy (non-hydrogen) atoms. The molecule has 0 bridgehead atoms. The average Bonchev–Trinajstić information content (AvgIpc) is 3.28. The van der Waals surface area contributed by atoms with E-state index in [2.05, 4.69) is 10.6 Å². The van der Waals surface area contributed by atoms with Crippen LogP contribution in [0.4, 0.5) is 10.5 Å². The summed E-state index contributed by atoms with van der Waals surface area (Å²) in [4.78, 5) is 11.6. The molecule has 1 aliphatic heterocycles. The van der Waals surface area contributed by atoms with Crippen molar-refractivity contribution in [3.8, 4) is 5.75 Å². The van der Waals surface area contributed by atoms with Crippen LogP contribution in [0.3, 0.4) is 0 Å². The third kappa shape index (κ3) is 3.66. The zero-order valence-electron chi connectivity index (χ0n) is 17.7. The maximum atomic E-state index is 13.4. The van der Waals surface area contributed by atoms with Gasteiger partial charge >= 0.3 is 6.03 Å². The summed E-state index contributed by atoms with van der Waals surface area (Å²) in [5.74, 6) is -0.813. The SMILES string of the molecule is [2H]C([2H])([2H])[C@@]1(S(=O)(=O)c2c(Cl)ccc(NC(=O)N[C@@H]3CCC=C3C)c2O)CCOC1. The van der Waals surface area contributed by atoms with Crippen molar-refractivity contribution in [2.45, 2.75) is 48.7 Å². The molecule has 0 aromatic heterocycles. The molecule has 1 aromatic carbocycles. The van der Waals surface area contributed by atoms with E-state index in [0.29, 0.717) is 0 Å². The summed E-state index contributed by atoms with van der Waals surface area (Å²) in [5.41, 5.74) is 0.810. The van der Waals surface area contributed by atoms with Crippen molar-refractivity contribution in [3.05, 3.63) is 28.8 Å². The van der Waals surface area contributed by atoms with Crippen LogP contribution in [0, 0.1) is 0 Å². The lowest BCUT2D eigenvalue weighted by Gasteiger charge is -2.24. The molecule has 2 amide bonds. The number of amides is 2. The zero-order valence-corrected chi connectivity index (χ0v) is 16.3. The van der Waals surface area contributed by atoms with Gasteiger partial charge < -0.3 is 20.5 Å². The van der Waals surface area contributed by atoms with E-state index in [-0.39, 0.29) is 29.8 Å². The van der Waals surface area contributed by atoms with E-state index in [9.17, 15) is 18.3 Å². The minimum atomic E-state index is -4.66. The smallest absolute Gasteiger partial charge is 0.319 e. The van der Waals surface area contributed by atoms with Crippen LogP contribution in [0.5, 0.6) is 5.75 Å². The van der Waals surface area contributed by atoms with E-state index < -0.39 is 44.7 Å². The second-order valence-electron chi connectivity index (χ2n) is 6.75. The number of urea groups is 1. The minimum absolute atomic E-state index is 0.0510. The lowest BCUT2D eigenvalue weighted by molar-refractivity contribution is 0.191. The molecule has 9 heteroatoms. The number of nitrogens with one attached hydrogen (secondary N) is 2. The number of hydrogen-bond donors (Lipinski definition) is 3. The second-order valence-corrected chi connectivity index (χ2v) is 9.35. The fraction of sp³-hybridized carbons (Fsp3) is 0.500. The highest BCUT2D eigenvalue weighted by molar-refractivity contribution is 7.93. The summed E-state index contributed by atoms with van der Waals surface area (Å²) in [6.07, 6.45) is 3.32. The first-order chi connectivity index (χ1) is 13.9. The van der Waals surface area contributed by atoms with Crippen LogP contribution in [0.1, 0.15) is 37.2 Å². The van der Waals surface area contributed by atoms with Crippen LogP contribution in [-0.2, 0) is 14.6 Å². The zero-order chi connectivity index (χ0) is 22.3. The molecule has 1 aliphatic carbocycles. The molecule has 2 aliphatic rings. The fourth-order valence-corrected chi connectivity index (χ4v) is 5.33. The largest absolute Gasteiger partial charge is 0.504 e. The summed E-state index contributed by atoms with van der Waals surface area (Å²) in [6, 6.07) is 1.65.